The van der Waals surface area contributed by atoms with Gasteiger partial charge >= 0.3 is 0 Å². The van der Waals surface area contributed by atoms with Crippen molar-refractivity contribution in [3.8, 4) is 0 Å². The Balaban J connectivity index is 2.10. The van der Waals surface area contributed by atoms with Gasteiger partial charge in [0.05, 0.1) is 29.2 Å². The molecular weight excluding hydrogens is 316 g/mol. The summed E-state index contributed by atoms with van der Waals surface area (Å²) in [4.78, 5) is 0. The lowest BCUT2D eigenvalue weighted by Gasteiger charge is -2.10. The molecule has 0 fully saturated rings. The molecular formula is C13H15ClN2O4S. The van der Waals surface area contributed by atoms with E-state index in [-0.39, 0.29) is 6.61 Å². The van der Waals surface area contributed by atoms with E-state index in [2.05, 4.69) is 10.0 Å². The molecule has 0 spiro atoms. The van der Waals surface area contributed by atoms with Gasteiger partial charge in [-0.3, -0.25) is 4.72 Å². The molecule has 8 heteroatoms. The summed E-state index contributed by atoms with van der Waals surface area (Å²) in [6, 6.07) is 8.19. The Morgan fingerprint density at radius 2 is 1.95 bits per heavy atom. The third-order valence-corrected chi connectivity index (χ3v) is 3.53. The lowest BCUT2D eigenvalue weighted by Crippen LogP contribution is -2.10. The molecule has 0 aliphatic rings. The van der Waals surface area contributed by atoms with Gasteiger partial charge in [0.15, 0.2) is 0 Å². The Morgan fingerprint density at radius 3 is 2.57 bits per heavy atom. The van der Waals surface area contributed by atoms with Gasteiger partial charge in [-0.15, -0.1) is 0 Å². The predicted octanol–water partition coefficient (Wildman–Crippen LogP) is 2.41. The van der Waals surface area contributed by atoms with Crippen molar-refractivity contribution in [2.24, 2.45) is 0 Å². The number of anilines is 2. The number of aliphatic hydroxyl groups excluding tert-OH is 1. The maximum absolute atomic E-state index is 11.2. The third-order valence-electron chi connectivity index (χ3n) is 2.60. The highest BCUT2D eigenvalue weighted by molar-refractivity contribution is 7.92. The first kappa shape index (κ1) is 15.7. The van der Waals surface area contributed by atoms with Crippen molar-refractivity contribution in [3.05, 3.63) is 46.9 Å². The highest BCUT2D eigenvalue weighted by Crippen LogP contribution is 2.26. The number of aliphatic hydroxyl groups is 1. The molecule has 0 aliphatic carbocycles. The molecule has 1 heterocycles. The summed E-state index contributed by atoms with van der Waals surface area (Å²) in [6.45, 7) is 0.205. The Morgan fingerprint density at radius 1 is 1.24 bits per heavy atom. The zero-order valence-corrected chi connectivity index (χ0v) is 12.8. The number of rotatable bonds is 6. The second-order valence-corrected chi connectivity index (χ2v) is 6.60. The quantitative estimate of drug-likeness (QED) is 0.756. The van der Waals surface area contributed by atoms with Gasteiger partial charge in [-0.05, 0) is 30.3 Å². The molecule has 0 bridgehead atoms. The smallest absolute Gasteiger partial charge is 0.229 e. The average molecular weight is 331 g/mol. The van der Waals surface area contributed by atoms with Gasteiger partial charge in [0, 0.05) is 0 Å². The highest BCUT2D eigenvalue weighted by Gasteiger charge is 2.07. The van der Waals surface area contributed by atoms with Crippen LogP contribution in [-0.2, 0) is 23.2 Å². The van der Waals surface area contributed by atoms with Crippen LogP contribution in [0.15, 0.2) is 34.7 Å². The largest absolute Gasteiger partial charge is 0.462 e. The molecule has 114 valence electrons. The van der Waals surface area contributed by atoms with Crippen molar-refractivity contribution in [2.45, 2.75) is 13.2 Å². The first-order valence-electron chi connectivity index (χ1n) is 6.07. The molecule has 0 saturated heterocycles. The molecule has 0 radical (unpaired) electrons. The summed E-state index contributed by atoms with van der Waals surface area (Å²) in [7, 11) is -3.34. The number of halogens is 1. The SMILES string of the molecule is CS(=O)(=O)Nc1ccc(Cl)c(NCc2ccc(CO)o2)c1. The van der Waals surface area contributed by atoms with Crippen LogP contribution in [0.25, 0.3) is 0 Å². The van der Waals surface area contributed by atoms with E-state index in [4.69, 9.17) is 21.1 Å². The van der Waals surface area contributed by atoms with E-state index in [1.54, 1.807) is 30.3 Å². The molecule has 2 aromatic rings. The van der Waals surface area contributed by atoms with Crippen LogP contribution in [0.3, 0.4) is 0 Å². The van der Waals surface area contributed by atoms with Crippen LogP contribution in [0.5, 0.6) is 0 Å². The first-order chi connectivity index (χ1) is 9.87. The van der Waals surface area contributed by atoms with Gasteiger partial charge in [0.2, 0.25) is 10.0 Å². The van der Waals surface area contributed by atoms with Crippen LogP contribution >= 0.6 is 11.6 Å². The van der Waals surface area contributed by atoms with Crippen LogP contribution in [0, 0.1) is 0 Å². The van der Waals surface area contributed by atoms with Gasteiger partial charge in [0.25, 0.3) is 0 Å². The number of nitrogens with one attached hydrogen (secondary N) is 2. The van der Waals surface area contributed by atoms with E-state index in [1.165, 1.54) is 0 Å². The highest BCUT2D eigenvalue weighted by atomic mass is 35.5. The minimum Gasteiger partial charge on any atom is -0.462 e. The Labute approximate surface area is 127 Å². The molecule has 0 aliphatic heterocycles. The van der Waals surface area contributed by atoms with Crippen LogP contribution in [0.1, 0.15) is 11.5 Å². The number of hydrogen-bond acceptors (Lipinski definition) is 5. The van der Waals surface area contributed by atoms with Crippen molar-refractivity contribution in [3.63, 3.8) is 0 Å². The summed E-state index contributed by atoms with van der Waals surface area (Å²) in [5, 5.41) is 12.4. The van der Waals surface area contributed by atoms with E-state index >= 15 is 0 Å². The van der Waals surface area contributed by atoms with Crippen LogP contribution in [-0.4, -0.2) is 19.8 Å². The lowest BCUT2D eigenvalue weighted by atomic mass is 10.3. The summed E-state index contributed by atoms with van der Waals surface area (Å²) in [5.74, 6) is 1.11. The van der Waals surface area contributed by atoms with Gasteiger partial charge in [-0.2, -0.15) is 0 Å². The standard InChI is InChI=1S/C13H15ClN2O4S/c1-21(18,19)16-9-2-5-12(14)13(6-9)15-7-10-3-4-11(8-17)20-10/h2-6,15-17H,7-8H2,1H3. The topological polar surface area (TPSA) is 91.6 Å². The molecule has 2 rings (SSSR count). The second-order valence-electron chi connectivity index (χ2n) is 4.45. The zero-order valence-electron chi connectivity index (χ0n) is 11.3. The average Bonchev–Trinajstić information content (AvgIpc) is 2.86. The molecule has 3 N–H and O–H groups in total. The van der Waals surface area contributed by atoms with Crippen molar-refractivity contribution in [1.29, 1.82) is 0 Å². The van der Waals surface area contributed by atoms with E-state index < -0.39 is 10.0 Å². The number of sulfonamides is 1. The van der Waals surface area contributed by atoms with Crippen molar-refractivity contribution in [1.82, 2.24) is 0 Å². The fourth-order valence-corrected chi connectivity index (χ4v) is 2.46. The van der Waals surface area contributed by atoms with Crippen molar-refractivity contribution >= 4 is 33.0 Å². The molecule has 0 amide bonds. The molecule has 21 heavy (non-hydrogen) atoms. The van der Waals surface area contributed by atoms with Gasteiger partial charge in [-0.1, -0.05) is 11.6 Å². The summed E-state index contributed by atoms with van der Waals surface area (Å²) < 4.78 is 30.1. The van der Waals surface area contributed by atoms with Gasteiger partial charge in [0.1, 0.15) is 18.1 Å². The van der Waals surface area contributed by atoms with Crippen molar-refractivity contribution in [2.75, 3.05) is 16.3 Å². The molecule has 1 aromatic carbocycles. The Hall–Kier alpha value is -1.70. The zero-order chi connectivity index (χ0) is 15.5. The van der Waals surface area contributed by atoms with E-state index in [9.17, 15) is 8.42 Å². The third kappa shape index (κ3) is 4.66. The van der Waals surface area contributed by atoms with Gasteiger partial charge in [-0.25, -0.2) is 8.42 Å². The molecule has 0 unspecified atom stereocenters. The first-order valence-corrected chi connectivity index (χ1v) is 8.34. The maximum Gasteiger partial charge on any atom is 0.229 e. The molecule has 6 nitrogen and oxygen atoms in total. The van der Waals surface area contributed by atoms with Crippen LogP contribution in [0.2, 0.25) is 5.02 Å². The predicted molar refractivity (Wildman–Crippen MR) is 81.9 cm³/mol. The molecule has 1 aromatic heterocycles. The maximum atomic E-state index is 11.2. The summed E-state index contributed by atoms with van der Waals surface area (Å²) in [5.41, 5.74) is 0.993. The Kier molecular flexibility index (Phi) is 4.76. The van der Waals surface area contributed by atoms with E-state index in [0.29, 0.717) is 34.5 Å². The monoisotopic (exact) mass is 330 g/mol. The number of hydrogen-bond donors (Lipinski definition) is 3. The van der Waals surface area contributed by atoms with Crippen molar-refractivity contribution < 1.29 is 17.9 Å². The fraction of sp³-hybridized carbons (Fsp3) is 0.231. The summed E-state index contributed by atoms with van der Waals surface area (Å²) >= 11 is 6.06. The number of furan rings is 1. The fourth-order valence-electron chi connectivity index (χ4n) is 1.72. The van der Waals surface area contributed by atoms with Crippen LogP contribution in [0.4, 0.5) is 11.4 Å². The number of benzene rings is 1. The second kappa shape index (κ2) is 6.38. The van der Waals surface area contributed by atoms with E-state index in [0.717, 1.165) is 6.26 Å². The Bertz CT molecular complexity index is 728. The van der Waals surface area contributed by atoms with Crippen LogP contribution < -0.4 is 10.0 Å². The normalized spacial score (nSPS) is 11.4. The summed E-state index contributed by atoms with van der Waals surface area (Å²) in [6.07, 6.45) is 1.08. The van der Waals surface area contributed by atoms with Gasteiger partial charge < -0.3 is 14.8 Å². The minimum atomic E-state index is -3.34. The molecule has 0 atom stereocenters. The molecule has 0 saturated carbocycles. The lowest BCUT2D eigenvalue weighted by molar-refractivity contribution is 0.244. The minimum absolute atomic E-state index is 0.158. The van der Waals surface area contributed by atoms with E-state index in [1.807, 2.05) is 0 Å².